The van der Waals surface area contributed by atoms with Crippen molar-refractivity contribution in [2.24, 2.45) is 5.73 Å². The van der Waals surface area contributed by atoms with Crippen LogP contribution in [0, 0.1) is 3.57 Å². The van der Waals surface area contributed by atoms with E-state index < -0.39 is 0 Å². The number of benzene rings is 2. The monoisotopic (exact) mass is 397 g/mol. The van der Waals surface area contributed by atoms with E-state index in [2.05, 4.69) is 40.8 Å². The molecule has 1 aliphatic rings. The van der Waals surface area contributed by atoms with Crippen LogP contribution in [0.25, 0.3) is 0 Å². The molecule has 0 radical (unpaired) electrons. The lowest BCUT2D eigenvalue weighted by Crippen LogP contribution is -2.14. The molecule has 1 nitrogen and oxygen atoms in total. The quantitative estimate of drug-likeness (QED) is 0.719. The second-order valence-corrected chi connectivity index (χ2v) is 6.98. The number of fused-ring (bicyclic) bond motifs is 1. The van der Waals surface area contributed by atoms with E-state index in [0.29, 0.717) is 0 Å². The van der Waals surface area contributed by atoms with Gasteiger partial charge in [0.15, 0.2) is 0 Å². The maximum absolute atomic E-state index is 6.46. The van der Waals surface area contributed by atoms with Gasteiger partial charge in [-0.05, 0) is 88.7 Å². The first-order valence-electron chi connectivity index (χ1n) is 6.97. The lowest BCUT2D eigenvalue weighted by molar-refractivity contribution is 0.682. The maximum Gasteiger partial charge on any atom is 0.0562 e. The molecular weight excluding hydrogens is 381 g/mol. The zero-order chi connectivity index (χ0) is 14.1. The number of aryl methyl sites for hydroxylation is 2. The minimum absolute atomic E-state index is 0.104. The van der Waals surface area contributed by atoms with Gasteiger partial charge in [0.2, 0.25) is 0 Å². The van der Waals surface area contributed by atoms with Gasteiger partial charge in [-0.15, -0.1) is 0 Å². The third-order valence-corrected chi connectivity index (χ3v) is 5.24. The van der Waals surface area contributed by atoms with Crippen LogP contribution in [0.3, 0.4) is 0 Å². The Labute approximate surface area is 138 Å². The summed E-state index contributed by atoms with van der Waals surface area (Å²) in [5.74, 6) is 0. The number of hydrogen-bond acceptors (Lipinski definition) is 1. The van der Waals surface area contributed by atoms with Crippen LogP contribution in [0.15, 0.2) is 36.4 Å². The Balaban J connectivity index is 1.97. The molecule has 3 heteroatoms. The van der Waals surface area contributed by atoms with E-state index in [1.54, 1.807) is 0 Å². The van der Waals surface area contributed by atoms with Crippen molar-refractivity contribution in [1.29, 1.82) is 0 Å². The van der Waals surface area contributed by atoms with Gasteiger partial charge in [-0.3, -0.25) is 0 Å². The third kappa shape index (κ3) is 2.87. The first kappa shape index (κ1) is 14.4. The van der Waals surface area contributed by atoms with Crippen molar-refractivity contribution in [2.45, 2.75) is 31.7 Å². The molecule has 1 atom stereocenters. The fourth-order valence-electron chi connectivity index (χ4n) is 2.88. The molecule has 1 unspecified atom stereocenters. The van der Waals surface area contributed by atoms with Crippen LogP contribution in [0.5, 0.6) is 0 Å². The van der Waals surface area contributed by atoms with E-state index in [4.69, 9.17) is 17.3 Å². The van der Waals surface area contributed by atoms with Crippen LogP contribution in [-0.2, 0) is 12.8 Å². The molecule has 0 aliphatic heterocycles. The zero-order valence-electron chi connectivity index (χ0n) is 11.2. The molecule has 0 amide bonds. The van der Waals surface area contributed by atoms with Gasteiger partial charge in [-0.2, -0.15) is 0 Å². The fraction of sp³-hybridized carbons (Fsp3) is 0.294. The molecule has 0 heterocycles. The molecule has 0 aromatic heterocycles. The highest BCUT2D eigenvalue weighted by atomic mass is 127. The summed E-state index contributed by atoms with van der Waals surface area (Å²) < 4.78 is 1.16. The number of rotatable bonds is 2. The second-order valence-electron chi connectivity index (χ2n) is 5.38. The van der Waals surface area contributed by atoms with Crippen molar-refractivity contribution in [2.75, 3.05) is 0 Å². The Morgan fingerprint density at radius 3 is 2.55 bits per heavy atom. The Morgan fingerprint density at radius 2 is 1.75 bits per heavy atom. The molecule has 104 valence electrons. The van der Waals surface area contributed by atoms with E-state index in [1.165, 1.54) is 42.4 Å². The first-order chi connectivity index (χ1) is 9.65. The smallest absolute Gasteiger partial charge is 0.0562 e. The first-order valence-corrected chi connectivity index (χ1v) is 8.43. The summed E-state index contributed by atoms with van der Waals surface area (Å²) in [7, 11) is 0. The molecule has 20 heavy (non-hydrogen) atoms. The van der Waals surface area contributed by atoms with E-state index in [0.717, 1.165) is 14.2 Å². The molecule has 0 bridgehead atoms. The molecule has 2 N–H and O–H groups in total. The van der Waals surface area contributed by atoms with Crippen LogP contribution >= 0.6 is 34.2 Å². The van der Waals surface area contributed by atoms with Gasteiger partial charge < -0.3 is 5.73 Å². The Bertz CT molecular complexity index is 639. The molecule has 0 spiro atoms. The highest BCUT2D eigenvalue weighted by Crippen LogP contribution is 2.30. The Hall–Kier alpha value is -0.580. The normalized spacial score (nSPS) is 15.8. The summed E-state index contributed by atoms with van der Waals surface area (Å²) in [4.78, 5) is 0. The van der Waals surface area contributed by atoms with Crippen molar-refractivity contribution in [3.63, 3.8) is 0 Å². The average Bonchev–Trinajstić information content (AvgIpc) is 2.48. The molecular formula is C17H17ClIN. The van der Waals surface area contributed by atoms with Crippen molar-refractivity contribution in [3.05, 3.63) is 67.2 Å². The summed E-state index contributed by atoms with van der Waals surface area (Å²) in [6.45, 7) is 0. The molecule has 1 aliphatic carbocycles. The van der Waals surface area contributed by atoms with Crippen LogP contribution in [0.1, 0.15) is 41.1 Å². The highest BCUT2D eigenvalue weighted by Gasteiger charge is 2.16. The number of nitrogens with two attached hydrogens (primary N) is 1. The summed E-state index contributed by atoms with van der Waals surface area (Å²) in [6, 6.07) is 12.5. The summed E-state index contributed by atoms with van der Waals surface area (Å²) >= 11 is 8.43. The predicted molar refractivity (Wildman–Crippen MR) is 93.3 cm³/mol. The lowest BCUT2D eigenvalue weighted by atomic mass is 9.88. The van der Waals surface area contributed by atoms with Crippen molar-refractivity contribution in [3.8, 4) is 0 Å². The molecule has 0 saturated carbocycles. The second kappa shape index (κ2) is 6.04. The molecule has 0 saturated heterocycles. The largest absolute Gasteiger partial charge is 0.320 e. The topological polar surface area (TPSA) is 26.0 Å². The van der Waals surface area contributed by atoms with Gasteiger partial charge in [0.05, 0.1) is 6.04 Å². The van der Waals surface area contributed by atoms with Crippen LogP contribution in [0.2, 0.25) is 5.02 Å². The Kier molecular flexibility index (Phi) is 4.34. The van der Waals surface area contributed by atoms with Crippen LogP contribution in [0.4, 0.5) is 0 Å². The standard InChI is InChI=1S/C17H17ClIN/c18-14-7-8-16(19)15(10-14)17(20)13-6-5-11-3-1-2-4-12(11)9-13/h5-10,17H,1-4,20H2. The van der Waals surface area contributed by atoms with E-state index >= 15 is 0 Å². The number of halogens is 2. The van der Waals surface area contributed by atoms with Crippen LogP contribution < -0.4 is 5.73 Å². The summed E-state index contributed by atoms with van der Waals surface area (Å²) in [5, 5.41) is 0.744. The lowest BCUT2D eigenvalue weighted by Gasteiger charge is -2.20. The van der Waals surface area contributed by atoms with Gasteiger partial charge in [-0.25, -0.2) is 0 Å². The Morgan fingerprint density at radius 1 is 1.00 bits per heavy atom. The minimum atomic E-state index is -0.104. The SMILES string of the molecule is NC(c1ccc2c(c1)CCCC2)c1cc(Cl)ccc1I. The van der Waals surface area contributed by atoms with E-state index in [9.17, 15) is 0 Å². The van der Waals surface area contributed by atoms with Crippen LogP contribution in [-0.4, -0.2) is 0 Å². The zero-order valence-corrected chi connectivity index (χ0v) is 14.1. The minimum Gasteiger partial charge on any atom is -0.320 e. The summed E-state index contributed by atoms with van der Waals surface area (Å²) in [5.41, 5.74) is 11.7. The van der Waals surface area contributed by atoms with E-state index in [1.807, 2.05) is 18.2 Å². The fourth-order valence-corrected chi connectivity index (χ4v) is 3.73. The van der Waals surface area contributed by atoms with Crippen molar-refractivity contribution < 1.29 is 0 Å². The van der Waals surface area contributed by atoms with Gasteiger partial charge in [-0.1, -0.05) is 29.8 Å². The maximum atomic E-state index is 6.46. The van der Waals surface area contributed by atoms with Gasteiger partial charge in [0.25, 0.3) is 0 Å². The van der Waals surface area contributed by atoms with Gasteiger partial charge in [0, 0.05) is 8.59 Å². The average molecular weight is 398 g/mol. The van der Waals surface area contributed by atoms with E-state index in [-0.39, 0.29) is 6.04 Å². The number of hydrogen-bond donors (Lipinski definition) is 1. The van der Waals surface area contributed by atoms with Crippen molar-refractivity contribution in [1.82, 2.24) is 0 Å². The molecule has 2 aromatic carbocycles. The third-order valence-electron chi connectivity index (χ3n) is 4.02. The molecule has 0 fully saturated rings. The van der Waals surface area contributed by atoms with Gasteiger partial charge >= 0.3 is 0 Å². The highest BCUT2D eigenvalue weighted by molar-refractivity contribution is 14.1. The van der Waals surface area contributed by atoms with Gasteiger partial charge in [0.1, 0.15) is 0 Å². The molecule has 3 rings (SSSR count). The predicted octanol–water partition coefficient (Wildman–Crippen LogP) is 4.87. The summed E-state index contributed by atoms with van der Waals surface area (Å²) in [6.07, 6.45) is 4.99. The molecule has 2 aromatic rings. The van der Waals surface area contributed by atoms with Crippen molar-refractivity contribution >= 4 is 34.2 Å².